The molecule has 0 aromatic heterocycles. The minimum Gasteiger partial charge on any atom is -0.478 e. The number of carboxylic acids is 1. The van der Waals surface area contributed by atoms with Gasteiger partial charge in [0.05, 0.1) is 5.56 Å². The van der Waals surface area contributed by atoms with Gasteiger partial charge in [0.2, 0.25) is 5.82 Å². The van der Waals surface area contributed by atoms with E-state index in [1.54, 1.807) is 0 Å². The van der Waals surface area contributed by atoms with Crippen LogP contribution in [0.5, 0.6) is 11.5 Å². The van der Waals surface area contributed by atoms with E-state index < -0.39 is 17.6 Å². The molecule has 1 N–H and O–H groups in total. The summed E-state index contributed by atoms with van der Waals surface area (Å²) in [7, 11) is 0. The van der Waals surface area contributed by atoms with Gasteiger partial charge in [0.1, 0.15) is 5.75 Å². The van der Waals surface area contributed by atoms with E-state index in [-0.39, 0.29) is 21.5 Å². The summed E-state index contributed by atoms with van der Waals surface area (Å²) < 4.78 is 32.6. The van der Waals surface area contributed by atoms with Crippen molar-refractivity contribution in [1.29, 1.82) is 0 Å². The first-order valence-corrected chi connectivity index (χ1v) is 6.82. The zero-order chi connectivity index (χ0) is 14.9. The second kappa shape index (κ2) is 5.88. The molecule has 0 heterocycles. The maximum absolute atomic E-state index is 13.5. The van der Waals surface area contributed by atoms with Crippen LogP contribution in [0.3, 0.4) is 0 Å². The Morgan fingerprint density at radius 1 is 1.15 bits per heavy atom. The van der Waals surface area contributed by atoms with Gasteiger partial charge >= 0.3 is 5.97 Å². The number of benzene rings is 2. The van der Waals surface area contributed by atoms with E-state index in [0.717, 1.165) is 6.07 Å². The molecule has 0 bridgehead atoms. The van der Waals surface area contributed by atoms with Crippen LogP contribution in [-0.4, -0.2) is 11.1 Å². The van der Waals surface area contributed by atoms with Crippen LogP contribution < -0.4 is 4.74 Å². The van der Waals surface area contributed by atoms with Crippen LogP contribution in [0.1, 0.15) is 10.4 Å². The first kappa shape index (κ1) is 14.9. The van der Waals surface area contributed by atoms with Crippen LogP contribution in [0.15, 0.2) is 39.3 Å². The molecule has 20 heavy (non-hydrogen) atoms. The number of hydrogen-bond acceptors (Lipinski definition) is 2. The third-order valence-corrected chi connectivity index (χ3v) is 3.47. The van der Waals surface area contributed by atoms with Crippen molar-refractivity contribution in [3.8, 4) is 11.5 Å². The van der Waals surface area contributed by atoms with Crippen molar-refractivity contribution in [2.24, 2.45) is 0 Å². The van der Waals surface area contributed by atoms with E-state index >= 15 is 0 Å². The number of halogens is 4. The van der Waals surface area contributed by atoms with Gasteiger partial charge in [-0.2, -0.15) is 4.39 Å². The Bertz CT molecular complexity index is 690. The number of aromatic carboxylic acids is 1. The summed E-state index contributed by atoms with van der Waals surface area (Å²) in [5, 5.41) is 8.88. The number of hydrogen-bond donors (Lipinski definition) is 1. The largest absolute Gasteiger partial charge is 0.478 e. The number of carbonyl (C=O) groups is 1. The van der Waals surface area contributed by atoms with Crippen LogP contribution >= 0.6 is 31.9 Å². The minimum absolute atomic E-state index is 0.0400. The molecule has 0 saturated carbocycles. The van der Waals surface area contributed by atoms with Gasteiger partial charge in [-0.05, 0) is 46.3 Å². The molecule has 0 aliphatic carbocycles. The molecule has 0 aliphatic rings. The molecular weight excluding hydrogens is 402 g/mol. The van der Waals surface area contributed by atoms with Crippen LogP contribution in [0.4, 0.5) is 8.78 Å². The molecule has 2 rings (SSSR count). The fourth-order valence-corrected chi connectivity index (χ4v) is 2.40. The molecule has 0 aliphatic heterocycles. The number of ether oxygens (including phenoxy) is 1. The van der Waals surface area contributed by atoms with E-state index in [9.17, 15) is 13.6 Å². The fraction of sp³-hybridized carbons (Fsp3) is 0. The fourth-order valence-electron chi connectivity index (χ4n) is 1.47. The smallest absolute Gasteiger partial charge is 0.336 e. The van der Waals surface area contributed by atoms with Crippen molar-refractivity contribution in [3.05, 3.63) is 56.5 Å². The summed E-state index contributed by atoms with van der Waals surface area (Å²) in [6.07, 6.45) is 0. The summed E-state index contributed by atoms with van der Waals surface area (Å²) >= 11 is 6.10. The van der Waals surface area contributed by atoms with Gasteiger partial charge in [-0.25, -0.2) is 9.18 Å². The van der Waals surface area contributed by atoms with E-state index in [0.29, 0.717) is 4.47 Å². The average Bonchev–Trinajstić information content (AvgIpc) is 2.35. The maximum Gasteiger partial charge on any atom is 0.336 e. The molecule has 2 aromatic rings. The lowest BCUT2D eigenvalue weighted by molar-refractivity contribution is 0.0696. The molecule has 104 valence electrons. The number of carboxylic acid groups (broad SMARTS) is 1. The average molecular weight is 408 g/mol. The third kappa shape index (κ3) is 3.16. The first-order chi connectivity index (χ1) is 9.38. The quantitative estimate of drug-likeness (QED) is 0.730. The number of rotatable bonds is 3. The molecule has 0 atom stereocenters. The second-order valence-electron chi connectivity index (χ2n) is 3.75. The summed E-state index contributed by atoms with van der Waals surface area (Å²) in [5.74, 6) is -3.39. The highest BCUT2D eigenvalue weighted by Crippen LogP contribution is 2.31. The first-order valence-electron chi connectivity index (χ1n) is 5.23. The molecule has 3 nitrogen and oxygen atoms in total. The summed E-state index contributed by atoms with van der Waals surface area (Å²) in [5.41, 5.74) is 0.0400. The Morgan fingerprint density at radius 2 is 1.85 bits per heavy atom. The highest BCUT2D eigenvalue weighted by atomic mass is 79.9. The van der Waals surface area contributed by atoms with Crippen LogP contribution in [0.2, 0.25) is 0 Å². The standard InChI is InChI=1S/C13H6Br2F2O3/c14-6-3-10(16)12(17)11(4-6)20-7-1-2-8(13(18)19)9(15)5-7/h1-5H,(H,18,19). The van der Waals surface area contributed by atoms with E-state index in [4.69, 9.17) is 9.84 Å². The minimum atomic E-state index is -1.12. The SMILES string of the molecule is O=C(O)c1ccc(Oc2cc(Br)cc(F)c2F)cc1Br. The Balaban J connectivity index is 2.36. The lowest BCUT2D eigenvalue weighted by Crippen LogP contribution is -1.98. The van der Waals surface area contributed by atoms with Crippen molar-refractivity contribution in [2.75, 3.05) is 0 Å². The molecule has 0 spiro atoms. The molecule has 0 fully saturated rings. The zero-order valence-electron chi connectivity index (χ0n) is 9.66. The Kier molecular flexibility index (Phi) is 4.39. The van der Waals surface area contributed by atoms with Gasteiger partial charge in [-0.1, -0.05) is 15.9 Å². The van der Waals surface area contributed by atoms with Gasteiger partial charge in [0.25, 0.3) is 0 Å². The molecule has 7 heteroatoms. The highest BCUT2D eigenvalue weighted by molar-refractivity contribution is 9.10. The molecule has 2 aromatic carbocycles. The van der Waals surface area contributed by atoms with Gasteiger partial charge in [-0.3, -0.25) is 0 Å². The molecule has 0 radical (unpaired) electrons. The van der Waals surface area contributed by atoms with E-state index in [2.05, 4.69) is 31.9 Å². The van der Waals surface area contributed by atoms with Crippen molar-refractivity contribution in [3.63, 3.8) is 0 Å². The monoisotopic (exact) mass is 406 g/mol. The summed E-state index contributed by atoms with van der Waals surface area (Å²) in [6, 6.07) is 6.27. The van der Waals surface area contributed by atoms with Gasteiger partial charge < -0.3 is 9.84 Å². The molecule has 0 saturated heterocycles. The third-order valence-electron chi connectivity index (χ3n) is 2.36. The Morgan fingerprint density at radius 3 is 2.45 bits per heavy atom. The van der Waals surface area contributed by atoms with Crippen LogP contribution in [0, 0.1) is 11.6 Å². The molecule has 0 amide bonds. The topological polar surface area (TPSA) is 46.5 Å². The Labute approximate surface area is 129 Å². The highest BCUT2D eigenvalue weighted by Gasteiger charge is 2.14. The lowest BCUT2D eigenvalue weighted by Gasteiger charge is -2.09. The van der Waals surface area contributed by atoms with Crippen molar-refractivity contribution in [2.45, 2.75) is 0 Å². The zero-order valence-corrected chi connectivity index (χ0v) is 12.8. The predicted octanol–water partition coefficient (Wildman–Crippen LogP) is 4.98. The Hall–Kier alpha value is -1.47. The molecule has 0 unspecified atom stereocenters. The predicted molar refractivity (Wildman–Crippen MR) is 75.2 cm³/mol. The van der Waals surface area contributed by atoms with E-state index in [1.165, 1.54) is 24.3 Å². The van der Waals surface area contributed by atoms with Crippen molar-refractivity contribution in [1.82, 2.24) is 0 Å². The normalized spacial score (nSPS) is 10.4. The van der Waals surface area contributed by atoms with Crippen LogP contribution in [-0.2, 0) is 0 Å². The van der Waals surface area contributed by atoms with E-state index in [1.807, 2.05) is 0 Å². The summed E-state index contributed by atoms with van der Waals surface area (Å²) in [6.45, 7) is 0. The second-order valence-corrected chi connectivity index (χ2v) is 5.52. The van der Waals surface area contributed by atoms with Gasteiger partial charge in [-0.15, -0.1) is 0 Å². The van der Waals surface area contributed by atoms with Gasteiger partial charge in [0, 0.05) is 8.95 Å². The van der Waals surface area contributed by atoms with Crippen molar-refractivity contribution >= 4 is 37.8 Å². The van der Waals surface area contributed by atoms with Crippen molar-refractivity contribution < 1.29 is 23.4 Å². The van der Waals surface area contributed by atoms with Gasteiger partial charge in [0.15, 0.2) is 11.6 Å². The van der Waals surface area contributed by atoms with Crippen LogP contribution in [0.25, 0.3) is 0 Å². The lowest BCUT2D eigenvalue weighted by atomic mass is 10.2. The maximum atomic E-state index is 13.5. The summed E-state index contributed by atoms with van der Waals surface area (Å²) in [4.78, 5) is 10.8. The molecular formula is C13H6Br2F2O3.